The zero-order valence-corrected chi connectivity index (χ0v) is 30.9. The molecule has 0 unspecified atom stereocenters. The van der Waals surface area contributed by atoms with Crippen LogP contribution in [0, 0.1) is 10.1 Å². The summed E-state index contributed by atoms with van der Waals surface area (Å²) in [6.45, 7) is 8.53. The summed E-state index contributed by atoms with van der Waals surface area (Å²) in [5, 5.41) is 23.4. The Balaban J connectivity index is 0.000000212. The minimum atomic E-state index is -0.616. The van der Waals surface area contributed by atoms with Crippen molar-refractivity contribution >= 4 is 34.5 Å². The number of nitrogens with one attached hydrogen (secondary N) is 1. The fourth-order valence-electron chi connectivity index (χ4n) is 6.51. The summed E-state index contributed by atoms with van der Waals surface area (Å²) >= 11 is 0. The van der Waals surface area contributed by atoms with Gasteiger partial charge in [-0.05, 0) is 106 Å². The Hall–Kier alpha value is -5.59. The monoisotopic (exact) mass is 727 g/mol. The topological polar surface area (TPSA) is 160 Å². The van der Waals surface area contributed by atoms with E-state index in [-0.39, 0.29) is 29.3 Å². The molecule has 0 atom stereocenters. The van der Waals surface area contributed by atoms with Crippen LogP contribution in [0.4, 0.5) is 15.3 Å². The quantitative estimate of drug-likeness (QED) is 0.108. The van der Waals surface area contributed by atoms with E-state index >= 15 is 0 Å². The number of phenols is 1. The number of rotatable bonds is 8. The molecule has 1 aromatic heterocycles. The third-order valence-corrected chi connectivity index (χ3v) is 9.48. The van der Waals surface area contributed by atoms with Crippen LogP contribution in [0.5, 0.6) is 5.75 Å². The first kappa shape index (κ1) is 38.6. The zero-order valence-electron chi connectivity index (χ0n) is 30.9. The number of unbranched alkanes of at least 4 members (excludes halogenated alkanes) is 1. The summed E-state index contributed by atoms with van der Waals surface area (Å²) in [6, 6.07) is 20.8. The van der Waals surface area contributed by atoms with Gasteiger partial charge in [0.15, 0.2) is 11.3 Å². The van der Waals surface area contributed by atoms with E-state index in [2.05, 4.69) is 29.6 Å². The van der Waals surface area contributed by atoms with Gasteiger partial charge in [-0.25, -0.2) is 14.4 Å². The Morgan fingerprint density at radius 1 is 1.00 bits per heavy atom. The SMILES string of the molecule is CC(C)(C)OC(=O)N1CC=C(c2ccc(O)c([N+](=O)[O-])c2)CC1.Cn1c(=O)oc2ccc(C3CCN(C(=O)NCCCCc4ccccc4)CC3)cc21. The molecule has 0 saturated carbocycles. The molecule has 1 saturated heterocycles. The first-order chi connectivity index (χ1) is 25.3. The Bertz CT molecular complexity index is 1990. The van der Waals surface area contributed by atoms with Crippen LogP contribution in [0.2, 0.25) is 0 Å². The second-order valence-electron chi connectivity index (χ2n) is 14.5. The molecule has 53 heavy (non-hydrogen) atoms. The van der Waals surface area contributed by atoms with Crippen LogP contribution < -0.4 is 11.1 Å². The number of amides is 3. The molecule has 282 valence electrons. The number of phenolic OH excluding ortho intramolecular Hbond substituents is 1. The number of nitrogens with zero attached hydrogens (tertiary/aromatic N) is 4. The molecule has 3 heterocycles. The van der Waals surface area contributed by atoms with Crippen LogP contribution in [0.3, 0.4) is 0 Å². The predicted octanol–water partition coefficient (Wildman–Crippen LogP) is 7.37. The lowest BCUT2D eigenvalue weighted by Crippen LogP contribution is -2.44. The van der Waals surface area contributed by atoms with Gasteiger partial charge in [0.2, 0.25) is 0 Å². The zero-order chi connectivity index (χ0) is 38.1. The number of hydrogen-bond donors (Lipinski definition) is 2. The molecule has 3 aromatic carbocycles. The second-order valence-corrected chi connectivity index (χ2v) is 14.5. The van der Waals surface area contributed by atoms with Gasteiger partial charge in [-0.1, -0.05) is 48.5 Å². The molecule has 2 aliphatic rings. The van der Waals surface area contributed by atoms with Crippen LogP contribution in [-0.4, -0.2) is 74.8 Å². The van der Waals surface area contributed by atoms with Crippen molar-refractivity contribution in [3.8, 4) is 5.75 Å². The van der Waals surface area contributed by atoms with Crippen LogP contribution in [0.25, 0.3) is 16.7 Å². The third kappa shape index (κ3) is 10.5. The van der Waals surface area contributed by atoms with Gasteiger partial charge in [0.05, 0.1) is 10.4 Å². The number of aryl methyl sites for hydroxylation is 2. The highest BCUT2D eigenvalue weighted by molar-refractivity contribution is 5.75. The van der Waals surface area contributed by atoms with Gasteiger partial charge in [-0.3, -0.25) is 14.7 Å². The number of benzene rings is 3. The van der Waals surface area contributed by atoms with E-state index < -0.39 is 10.5 Å². The molecular weight excluding hydrogens is 678 g/mol. The maximum atomic E-state index is 12.5. The number of aromatic nitrogens is 1. The second kappa shape index (κ2) is 17.3. The van der Waals surface area contributed by atoms with Gasteiger partial charge in [-0.15, -0.1) is 0 Å². The molecule has 0 bridgehead atoms. The first-order valence-electron chi connectivity index (χ1n) is 18.1. The van der Waals surface area contributed by atoms with Crippen LogP contribution in [0.1, 0.15) is 75.5 Å². The Labute approximate surface area is 309 Å². The number of aromatic hydroxyl groups is 1. The number of hydrogen-bond acceptors (Lipinski definition) is 8. The van der Waals surface area contributed by atoms with Gasteiger partial charge < -0.3 is 29.4 Å². The summed E-state index contributed by atoms with van der Waals surface area (Å²) in [5.74, 6) is -0.294. The van der Waals surface area contributed by atoms with Crippen molar-refractivity contribution in [1.29, 1.82) is 0 Å². The van der Waals surface area contributed by atoms with Crippen molar-refractivity contribution < 1.29 is 28.8 Å². The minimum absolute atomic E-state index is 0.0424. The summed E-state index contributed by atoms with van der Waals surface area (Å²) in [4.78, 5) is 49.9. The number of piperidine rings is 1. The number of carbonyl (C=O) groups excluding carboxylic acids is 2. The Kier molecular flexibility index (Phi) is 12.6. The van der Waals surface area contributed by atoms with Crippen molar-refractivity contribution in [2.75, 3.05) is 32.7 Å². The number of fused-ring (bicyclic) bond motifs is 1. The van der Waals surface area contributed by atoms with E-state index in [1.165, 1.54) is 23.3 Å². The minimum Gasteiger partial charge on any atom is -0.502 e. The maximum absolute atomic E-state index is 12.5. The fraction of sp³-hybridized carbons (Fsp3) is 0.425. The lowest BCUT2D eigenvalue weighted by Gasteiger charge is -2.32. The number of nitro benzene ring substituents is 1. The maximum Gasteiger partial charge on any atom is 0.419 e. The molecule has 0 aliphatic carbocycles. The number of likely N-dealkylation sites (tertiary alicyclic amines) is 1. The van der Waals surface area contributed by atoms with E-state index in [1.807, 2.05) is 56.0 Å². The van der Waals surface area contributed by atoms with Crippen molar-refractivity contribution in [1.82, 2.24) is 19.7 Å². The predicted molar refractivity (Wildman–Crippen MR) is 203 cm³/mol. The number of carbonyl (C=O) groups is 2. The van der Waals surface area contributed by atoms with Gasteiger partial charge in [0.1, 0.15) is 5.60 Å². The van der Waals surface area contributed by atoms with Crippen LogP contribution >= 0.6 is 0 Å². The number of ether oxygens (including phenoxy) is 1. The largest absolute Gasteiger partial charge is 0.502 e. The highest BCUT2D eigenvalue weighted by Gasteiger charge is 2.26. The Morgan fingerprint density at radius 2 is 1.74 bits per heavy atom. The van der Waals surface area contributed by atoms with Crippen LogP contribution in [0.15, 0.2) is 82.0 Å². The molecule has 6 rings (SSSR count). The van der Waals surface area contributed by atoms with E-state index in [0.717, 1.165) is 62.8 Å². The molecule has 1 fully saturated rings. The van der Waals surface area contributed by atoms with Crippen molar-refractivity contribution in [3.05, 3.63) is 110 Å². The van der Waals surface area contributed by atoms with Gasteiger partial charge in [0.25, 0.3) is 0 Å². The lowest BCUT2D eigenvalue weighted by atomic mass is 9.89. The molecule has 13 heteroatoms. The summed E-state index contributed by atoms with van der Waals surface area (Å²) < 4.78 is 12.1. The smallest absolute Gasteiger partial charge is 0.419 e. The summed E-state index contributed by atoms with van der Waals surface area (Å²) in [7, 11) is 1.73. The highest BCUT2D eigenvalue weighted by atomic mass is 16.6. The average molecular weight is 728 g/mol. The van der Waals surface area contributed by atoms with E-state index in [0.29, 0.717) is 36.6 Å². The molecular formula is C40H49N5O8. The molecule has 13 nitrogen and oxygen atoms in total. The number of urea groups is 1. The fourth-order valence-corrected chi connectivity index (χ4v) is 6.51. The van der Waals surface area contributed by atoms with Gasteiger partial charge >= 0.3 is 23.6 Å². The lowest BCUT2D eigenvalue weighted by molar-refractivity contribution is -0.385. The molecule has 2 aliphatic heterocycles. The highest BCUT2D eigenvalue weighted by Crippen LogP contribution is 2.32. The van der Waals surface area contributed by atoms with Gasteiger partial charge in [-0.2, -0.15) is 0 Å². The molecule has 0 spiro atoms. The Morgan fingerprint density at radius 3 is 2.40 bits per heavy atom. The number of oxazole rings is 1. The van der Waals surface area contributed by atoms with Crippen molar-refractivity contribution in [2.45, 2.75) is 70.8 Å². The van der Waals surface area contributed by atoms with Crippen molar-refractivity contribution in [2.24, 2.45) is 7.05 Å². The number of nitro groups is 1. The van der Waals surface area contributed by atoms with Crippen LogP contribution in [-0.2, 0) is 18.2 Å². The van der Waals surface area contributed by atoms with Gasteiger partial charge in [0, 0.05) is 45.8 Å². The standard InChI is InChI=1S/C24H29N3O3.C16H20N2O5/c1-26-21-17-20(10-11-22(21)30-24(26)29)19-12-15-27(16-13-19)23(28)25-14-6-5-9-18-7-3-2-4-8-18;1-16(2,3)23-15(20)17-8-6-11(7-9-17)12-4-5-14(19)13(10-12)18(21)22/h2-4,7-8,10-11,17,19H,5-6,9,12-16H2,1H3,(H,25,28);4-6,10,19H,7-9H2,1-3H3. The molecule has 3 amide bonds. The van der Waals surface area contributed by atoms with Crippen molar-refractivity contribution in [3.63, 3.8) is 0 Å². The average Bonchev–Trinajstić information content (AvgIpc) is 3.43. The third-order valence-electron chi connectivity index (χ3n) is 9.48. The molecule has 2 N–H and O–H groups in total. The van der Waals surface area contributed by atoms with E-state index in [1.54, 1.807) is 22.6 Å². The van der Waals surface area contributed by atoms with E-state index in [4.69, 9.17) is 9.15 Å². The molecule has 4 aromatic rings. The summed E-state index contributed by atoms with van der Waals surface area (Å²) in [6.07, 6.45) is 7.02. The molecule has 0 radical (unpaired) electrons. The first-order valence-corrected chi connectivity index (χ1v) is 18.1. The van der Waals surface area contributed by atoms with E-state index in [9.17, 15) is 29.6 Å². The normalized spacial score (nSPS) is 15.0. The summed E-state index contributed by atoms with van der Waals surface area (Å²) in [5.41, 5.74) is 4.73.